The number of aryl methyl sites for hydroxylation is 1. The summed E-state index contributed by atoms with van der Waals surface area (Å²) in [5.41, 5.74) is 1.93. The van der Waals surface area contributed by atoms with Crippen molar-refractivity contribution in [3.05, 3.63) is 21.9 Å². The third-order valence-corrected chi connectivity index (χ3v) is 5.74. The monoisotopic (exact) mass is 279 g/mol. The van der Waals surface area contributed by atoms with E-state index in [1.165, 1.54) is 42.5 Å². The summed E-state index contributed by atoms with van der Waals surface area (Å²) < 4.78 is 0. The van der Waals surface area contributed by atoms with Gasteiger partial charge in [-0.25, -0.2) is 0 Å². The highest BCUT2D eigenvalue weighted by molar-refractivity contribution is 7.10. The van der Waals surface area contributed by atoms with Crippen molar-refractivity contribution < 1.29 is 0 Å². The van der Waals surface area contributed by atoms with Crippen molar-refractivity contribution in [2.75, 3.05) is 0 Å². The van der Waals surface area contributed by atoms with Gasteiger partial charge in [0.2, 0.25) is 0 Å². The Bertz CT molecular complexity index is 388. The zero-order chi connectivity index (χ0) is 13.9. The molecule has 0 aromatic carbocycles. The van der Waals surface area contributed by atoms with E-state index in [0.717, 1.165) is 18.5 Å². The van der Waals surface area contributed by atoms with Crippen LogP contribution in [0, 0.1) is 18.3 Å². The van der Waals surface area contributed by atoms with Gasteiger partial charge in [-0.3, -0.25) is 0 Å². The highest BCUT2D eigenvalue weighted by Crippen LogP contribution is 2.36. The van der Waals surface area contributed by atoms with E-state index in [0.29, 0.717) is 5.41 Å². The first kappa shape index (κ1) is 15.1. The van der Waals surface area contributed by atoms with Gasteiger partial charge in [0.15, 0.2) is 0 Å². The number of thiophene rings is 1. The van der Waals surface area contributed by atoms with Gasteiger partial charge in [0, 0.05) is 17.5 Å². The van der Waals surface area contributed by atoms with Crippen molar-refractivity contribution in [3.63, 3.8) is 0 Å². The molecule has 1 aromatic rings. The minimum absolute atomic E-state index is 0.485. The Hall–Kier alpha value is -0.340. The molecule has 19 heavy (non-hydrogen) atoms. The lowest BCUT2D eigenvalue weighted by atomic mass is 9.76. The van der Waals surface area contributed by atoms with Gasteiger partial charge in [-0.15, -0.1) is 11.3 Å². The zero-order valence-electron chi connectivity index (χ0n) is 13.0. The first-order valence-corrected chi connectivity index (χ1v) is 8.61. The lowest BCUT2D eigenvalue weighted by Crippen LogP contribution is -2.28. The summed E-state index contributed by atoms with van der Waals surface area (Å²) in [6, 6.07) is 2.96. The molecule has 1 nitrogen and oxygen atoms in total. The molecule has 108 valence electrons. The van der Waals surface area contributed by atoms with Crippen LogP contribution >= 0.6 is 11.3 Å². The standard InChI is InChI=1S/C17H29NS/c1-13-10-11-19-16(13)12-18-15-7-5-6-14(8-9-15)17(2,3)4/h10-11,14-15,18H,5-9,12H2,1-4H3. The van der Waals surface area contributed by atoms with Crippen LogP contribution in [0.1, 0.15) is 63.3 Å². The average Bonchev–Trinajstić information content (AvgIpc) is 2.61. The highest BCUT2D eigenvalue weighted by atomic mass is 32.1. The number of hydrogen-bond donors (Lipinski definition) is 1. The van der Waals surface area contributed by atoms with Crippen molar-refractivity contribution in [1.82, 2.24) is 5.32 Å². The van der Waals surface area contributed by atoms with Gasteiger partial charge in [-0.1, -0.05) is 27.2 Å². The summed E-state index contributed by atoms with van der Waals surface area (Å²) in [5.74, 6) is 0.905. The first-order valence-electron chi connectivity index (χ1n) is 7.73. The van der Waals surface area contributed by atoms with Crippen LogP contribution in [-0.2, 0) is 6.54 Å². The minimum Gasteiger partial charge on any atom is -0.309 e. The van der Waals surface area contributed by atoms with E-state index in [2.05, 4.69) is 44.5 Å². The molecule has 1 N–H and O–H groups in total. The van der Waals surface area contributed by atoms with Crippen LogP contribution in [0.4, 0.5) is 0 Å². The molecule has 0 spiro atoms. The molecule has 1 aliphatic carbocycles. The second kappa shape index (κ2) is 6.41. The summed E-state index contributed by atoms with van der Waals surface area (Å²) in [7, 11) is 0. The van der Waals surface area contributed by atoms with Gasteiger partial charge in [0.05, 0.1) is 0 Å². The van der Waals surface area contributed by atoms with Crippen molar-refractivity contribution in [1.29, 1.82) is 0 Å². The van der Waals surface area contributed by atoms with Gasteiger partial charge in [0.1, 0.15) is 0 Å². The predicted octanol–water partition coefficient (Wildman–Crippen LogP) is 5.14. The summed E-state index contributed by atoms with van der Waals surface area (Å²) in [4.78, 5) is 1.51. The van der Waals surface area contributed by atoms with Crippen LogP contribution in [0.5, 0.6) is 0 Å². The van der Waals surface area contributed by atoms with Crippen LogP contribution in [0.3, 0.4) is 0 Å². The third kappa shape index (κ3) is 4.32. The SMILES string of the molecule is Cc1ccsc1CNC1CCCC(C(C)(C)C)CC1. The van der Waals surface area contributed by atoms with Gasteiger partial charge >= 0.3 is 0 Å². The fourth-order valence-corrected chi connectivity index (χ4v) is 4.05. The molecule has 2 unspecified atom stereocenters. The summed E-state index contributed by atoms with van der Waals surface area (Å²) in [6.45, 7) is 10.5. The molecule has 0 saturated heterocycles. The maximum Gasteiger partial charge on any atom is 0.0304 e. The van der Waals surface area contributed by atoms with Crippen molar-refractivity contribution in [3.8, 4) is 0 Å². The lowest BCUT2D eigenvalue weighted by Gasteiger charge is -2.29. The van der Waals surface area contributed by atoms with Crippen LogP contribution in [0.2, 0.25) is 0 Å². The van der Waals surface area contributed by atoms with Crippen LogP contribution in [0.15, 0.2) is 11.4 Å². The number of rotatable bonds is 3. The third-order valence-electron chi connectivity index (χ3n) is 4.71. The van der Waals surface area contributed by atoms with E-state index in [1.807, 2.05) is 11.3 Å². The average molecular weight is 279 g/mol. The normalized spacial score (nSPS) is 25.3. The maximum atomic E-state index is 3.79. The minimum atomic E-state index is 0.485. The van der Waals surface area contributed by atoms with Crippen molar-refractivity contribution in [2.45, 2.75) is 72.4 Å². The molecule has 1 aromatic heterocycles. The molecular formula is C17H29NS. The lowest BCUT2D eigenvalue weighted by molar-refractivity contribution is 0.213. The van der Waals surface area contributed by atoms with Crippen LogP contribution in [0.25, 0.3) is 0 Å². The fourth-order valence-electron chi connectivity index (χ4n) is 3.19. The second-order valence-electron chi connectivity index (χ2n) is 7.18. The Morgan fingerprint density at radius 2 is 2.00 bits per heavy atom. The van der Waals surface area contributed by atoms with Crippen molar-refractivity contribution in [2.24, 2.45) is 11.3 Å². The van der Waals surface area contributed by atoms with E-state index >= 15 is 0 Å². The Kier molecular flexibility index (Phi) is 5.08. The van der Waals surface area contributed by atoms with Gasteiger partial charge in [-0.2, -0.15) is 0 Å². The molecule has 1 aliphatic rings. The molecule has 1 heterocycles. The molecule has 2 heteroatoms. The van der Waals surface area contributed by atoms with Gasteiger partial charge in [-0.05, 0) is 60.9 Å². The number of nitrogens with one attached hydrogen (secondary N) is 1. The Morgan fingerprint density at radius 1 is 1.21 bits per heavy atom. The molecule has 1 saturated carbocycles. The molecule has 0 amide bonds. The topological polar surface area (TPSA) is 12.0 Å². The Morgan fingerprint density at radius 3 is 2.63 bits per heavy atom. The van der Waals surface area contributed by atoms with Crippen molar-refractivity contribution >= 4 is 11.3 Å². The van der Waals surface area contributed by atoms with E-state index < -0.39 is 0 Å². The maximum absolute atomic E-state index is 3.79. The highest BCUT2D eigenvalue weighted by Gasteiger charge is 2.27. The number of hydrogen-bond acceptors (Lipinski definition) is 2. The second-order valence-corrected chi connectivity index (χ2v) is 8.18. The fraction of sp³-hybridized carbons (Fsp3) is 0.765. The van der Waals surface area contributed by atoms with Gasteiger partial charge < -0.3 is 5.32 Å². The predicted molar refractivity (Wildman–Crippen MR) is 85.7 cm³/mol. The summed E-state index contributed by atoms with van der Waals surface area (Å²) in [5, 5.41) is 5.99. The van der Waals surface area contributed by atoms with Gasteiger partial charge in [0.25, 0.3) is 0 Å². The first-order chi connectivity index (χ1) is 8.97. The Balaban J connectivity index is 1.82. The quantitative estimate of drug-likeness (QED) is 0.755. The van der Waals surface area contributed by atoms with E-state index in [4.69, 9.17) is 0 Å². The largest absolute Gasteiger partial charge is 0.309 e. The smallest absolute Gasteiger partial charge is 0.0304 e. The zero-order valence-corrected chi connectivity index (χ0v) is 13.8. The molecule has 0 radical (unpaired) electrons. The summed E-state index contributed by atoms with van der Waals surface area (Å²) in [6.07, 6.45) is 6.91. The Labute approximate surface area is 122 Å². The molecule has 0 bridgehead atoms. The van der Waals surface area contributed by atoms with E-state index in [9.17, 15) is 0 Å². The van der Waals surface area contributed by atoms with Crippen LogP contribution in [-0.4, -0.2) is 6.04 Å². The van der Waals surface area contributed by atoms with Crippen LogP contribution < -0.4 is 5.32 Å². The molecule has 2 atom stereocenters. The molecule has 2 rings (SSSR count). The summed E-state index contributed by atoms with van der Waals surface area (Å²) >= 11 is 1.89. The molecule has 1 fully saturated rings. The molecular weight excluding hydrogens is 250 g/mol. The molecule has 0 aliphatic heterocycles. The van der Waals surface area contributed by atoms with E-state index in [1.54, 1.807) is 0 Å². The van der Waals surface area contributed by atoms with E-state index in [-0.39, 0.29) is 0 Å².